The lowest BCUT2D eigenvalue weighted by Crippen LogP contribution is -2.19. The maximum Gasteiger partial charge on any atom is 0.307 e. The van der Waals surface area contributed by atoms with Crippen molar-refractivity contribution in [3.05, 3.63) is 50.8 Å². The predicted molar refractivity (Wildman–Crippen MR) is 81.8 cm³/mol. The van der Waals surface area contributed by atoms with Crippen LogP contribution in [0, 0.1) is 20.2 Å². The van der Waals surface area contributed by atoms with E-state index in [0.29, 0.717) is 12.4 Å². The van der Waals surface area contributed by atoms with Crippen molar-refractivity contribution in [2.45, 2.75) is 13.5 Å². The second-order valence-corrected chi connectivity index (χ2v) is 4.57. The van der Waals surface area contributed by atoms with Gasteiger partial charge in [0.25, 0.3) is 5.69 Å². The molecule has 1 aromatic carbocycles. The van der Waals surface area contributed by atoms with Crippen molar-refractivity contribution in [2.24, 2.45) is 0 Å². The van der Waals surface area contributed by atoms with Gasteiger partial charge < -0.3 is 10.1 Å². The van der Waals surface area contributed by atoms with Gasteiger partial charge in [-0.3, -0.25) is 29.7 Å². The number of carbonyl (C=O) groups is 1. The number of anilines is 1. The lowest BCUT2D eigenvalue weighted by molar-refractivity contribution is -0.385. The first kappa shape index (κ1) is 16.9. The molecule has 1 N–H and O–H groups in total. The number of aromatic nitrogens is 2. The molecule has 1 amide bonds. The smallest absolute Gasteiger partial charge is 0.307 e. The fraction of sp³-hybridized carbons (Fsp3) is 0.231. The molecule has 2 aromatic rings. The highest BCUT2D eigenvalue weighted by molar-refractivity contribution is 5.93. The van der Waals surface area contributed by atoms with Crippen LogP contribution in [0.1, 0.15) is 6.92 Å². The molecule has 0 atom stereocenters. The number of nitrogens with zero attached hydrogens (tertiary/aromatic N) is 4. The summed E-state index contributed by atoms with van der Waals surface area (Å²) in [6.45, 7) is 1.77. The number of hydrogen-bond acceptors (Lipinski definition) is 7. The molecule has 0 spiro atoms. The van der Waals surface area contributed by atoms with E-state index in [2.05, 4.69) is 10.4 Å². The number of amides is 1. The Hall–Kier alpha value is -3.50. The molecule has 0 aliphatic rings. The summed E-state index contributed by atoms with van der Waals surface area (Å²) in [4.78, 5) is 32.3. The fourth-order valence-electron chi connectivity index (χ4n) is 1.89. The summed E-state index contributed by atoms with van der Waals surface area (Å²) in [5.74, 6) is -0.301. The minimum absolute atomic E-state index is 0.00453. The molecule has 0 aliphatic heterocycles. The Labute approximate surface area is 135 Å². The van der Waals surface area contributed by atoms with Gasteiger partial charge in [0.2, 0.25) is 5.91 Å². The fourth-order valence-corrected chi connectivity index (χ4v) is 1.89. The van der Waals surface area contributed by atoms with Gasteiger partial charge in [-0.2, -0.15) is 5.10 Å². The second-order valence-electron chi connectivity index (χ2n) is 4.57. The average Bonchev–Trinajstić information content (AvgIpc) is 2.97. The zero-order chi connectivity index (χ0) is 17.7. The van der Waals surface area contributed by atoms with Crippen molar-refractivity contribution in [2.75, 3.05) is 11.9 Å². The Morgan fingerprint density at radius 2 is 2.08 bits per heavy atom. The first-order valence-corrected chi connectivity index (χ1v) is 6.78. The minimum atomic E-state index is -0.642. The first-order valence-electron chi connectivity index (χ1n) is 6.78. The Morgan fingerprint density at radius 3 is 2.67 bits per heavy atom. The molecule has 0 saturated heterocycles. The maximum absolute atomic E-state index is 12.0. The van der Waals surface area contributed by atoms with Gasteiger partial charge in [0.05, 0.1) is 22.5 Å². The number of nitrogens with one attached hydrogen (secondary N) is 1. The van der Waals surface area contributed by atoms with E-state index in [1.807, 2.05) is 0 Å². The lowest BCUT2D eigenvalue weighted by Gasteiger charge is -2.08. The Kier molecular flexibility index (Phi) is 5.04. The molecule has 0 aliphatic carbocycles. The van der Waals surface area contributed by atoms with Crippen molar-refractivity contribution >= 4 is 23.0 Å². The number of benzene rings is 1. The third kappa shape index (κ3) is 4.03. The molecule has 2 rings (SSSR count). The van der Waals surface area contributed by atoms with E-state index in [1.165, 1.54) is 18.2 Å². The van der Waals surface area contributed by atoms with Crippen molar-refractivity contribution in [3.63, 3.8) is 0 Å². The van der Waals surface area contributed by atoms with E-state index >= 15 is 0 Å². The Bertz CT molecular complexity index is 787. The van der Waals surface area contributed by atoms with E-state index in [9.17, 15) is 25.0 Å². The SMILES string of the molecule is CCOc1ccc(NC(=O)Cn2cc([N+](=O)[O-])cn2)c([N+](=O)[O-])c1. The normalized spacial score (nSPS) is 10.2. The summed E-state index contributed by atoms with van der Waals surface area (Å²) in [5, 5.41) is 27.7. The summed E-state index contributed by atoms with van der Waals surface area (Å²) in [5.41, 5.74) is -0.578. The molecule has 1 aromatic heterocycles. The molecule has 0 bridgehead atoms. The largest absolute Gasteiger partial charge is 0.494 e. The van der Waals surface area contributed by atoms with Gasteiger partial charge in [-0.05, 0) is 19.1 Å². The van der Waals surface area contributed by atoms with E-state index in [-0.39, 0.29) is 23.6 Å². The van der Waals surface area contributed by atoms with Gasteiger partial charge in [-0.15, -0.1) is 0 Å². The van der Waals surface area contributed by atoms with Crippen LogP contribution in [0.4, 0.5) is 17.1 Å². The number of hydrogen-bond donors (Lipinski definition) is 1. The Morgan fingerprint density at radius 1 is 1.33 bits per heavy atom. The molecular weight excluding hydrogens is 322 g/mol. The number of nitro groups is 2. The topological polar surface area (TPSA) is 142 Å². The van der Waals surface area contributed by atoms with E-state index in [0.717, 1.165) is 17.1 Å². The Balaban J connectivity index is 2.12. The monoisotopic (exact) mass is 335 g/mol. The molecule has 11 nitrogen and oxygen atoms in total. The second kappa shape index (κ2) is 7.17. The van der Waals surface area contributed by atoms with Crippen molar-refractivity contribution in [1.29, 1.82) is 0 Å². The third-order valence-corrected chi connectivity index (χ3v) is 2.89. The van der Waals surface area contributed by atoms with Crippen molar-refractivity contribution < 1.29 is 19.4 Å². The molecule has 0 radical (unpaired) electrons. The maximum atomic E-state index is 12.0. The van der Waals surface area contributed by atoms with Crippen LogP contribution in [0.15, 0.2) is 30.6 Å². The van der Waals surface area contributed by atoms with Crippen LogP contribution < -0.4 is 10.1 Å². The molecular formula is C13H13N5O6. The molecule has 24 heavy (non-hydrogen) atoms. The van der Waals surface area contributed by atoms with Crippen LogP contribution >= 0.6 is 0 Å². The zero-order valence-corrected chi connectivity index (χ0v) is 12.5. The van der Waals surface area contributed by atoms with Gasteiger partial charge in [-0.1, -0.05) is 0 Å². The highest BCUT2D eigenvalue weighted by Crippen LogP contribution is 2.29. The minimum Gasteiger partial charge on any atom is -0.494 e. The lowest BCUT2D eigenvalue weighted by atomic mass is 10.2. The van der Waals surface area contributed by atoms with Crippen LogP contribution in [0.25, 0.3) is 0 Å². The molecule has 11 heteroatoms. The predicted octanol–water partition coefficient (Wildman–Crippen LogP) is 1.74. The van der Waals surface area contributed by atoms with Crippen molar-refractivity contribution in [3.8, 4) is 5.75 Å². The molecule has 126 valence electrons. The molecule has 0 unspecified atom stereocenters. The van der Waals surface area contributed by atoms with Crippen LogP contribution in [0.5, 0.6) is 5.75 Å². The van der Waals surface area contributed by atoms with Gasteiger partial charge in [-0.25, -0.2) is 0 Å². The van der Waals surface area contributed by atoms with E-state index in [4.69, 9.17) is 4.74 Å². The van der Waals surface area contributed by atoms with E-state index in [1.54, 1.807) is 6.92 Å². The third-order valence-electron chi connectivity index (χ3n) is 2.89. The number of ether oxygens (including phenoxy) is 1. The number of carbonyl (C=O) groups excluding carboxylic acids is 1. The molecule has 0 saturated carbocycles. The molecule has 1 heterocycles. The van der Waals surface area contributed by atoms with Gasteiger partial charge >= 0.3 is 5.69 Å². The molecule has 0 fully saturated rings. The summed E-state index contributed by atoms with van der Waals surface area (Å²) in [6.07, 6.45) is 2.10. The number of nitro benzene ring substituents is 1. The average molecular weight is 335 g/mol. The van der Waals surface area contributed by atoms with Crippen LogP contribution in [0.3, 0.4) is 0 Å². The number of rotatable bonds is 7. The summed E-state index contributed by atoms with van der Waals surface area (Å²) < 4.78 is 6.25. The van der Waals surface area contributed by atoms with Crippen LogP contribution in [-0.4, -0.2) is 32.1 Å². The zero-order valence-electron chi connectivity index (χ0n) is 12.5. The van der Waals surface area contributed by atoms with Gasteiger partial charge in [0, 0.05) is 0 Å². The van der Waals surface area contributed by atoms with Crippen LogP contribution in [-0.2, 0) is 11.3 Å². The van der Waals surface area contributed by atoms with Gasteiger partial charge in [0.15, 0.2) is 0 Å². The van der Waals surface area contributed by atoms with E-state index < -0.39 is 15.8 Å². The summed E-state index contributed by atoms with van der Waals surface area (Å²) in [7, 11) is 0. The highest BCUT2D eigenvalue weighted by Gasteiger charge is 2.18. The highest BCUT2D eigenvalue weighted by atomic mass is 16.6. The summed E-state index contributed by atoms with van der Waals surface area (Å²) >= 11 is 0. The van der Waals surface area contributed by atoms with Crippen molar-refractivity contribution in [1.82, 2.24) is 9.78 Å². The first-order chi connectivity index (χ1) is 11.4. The van der Waals surface area contributed by atoms with Gasteiger partial charge in [0.1, 0.15) is 30.4 Å². The summed E-state index contributed by atoms with van der Waals surface area (Å²) in [6, 6.07) is 4.05. The van der Waals surface area contributed by atoms with Crippen LogP contribution in [0.2, 0.25) is 0 Å². The quantitative estimate of drug-likeness (QED) is 0.599. The standard InChI is InChI=1S/C13H13N5O6/c1-2-24-10-3-4-11(12(5-10)18(22)23)15-13(19)8-16-7-9(6-14-16)17(20)21/h3-7H,2,8H2,1H3,(H,15,19).